The second kappa shape index (κ2) is 7.90. The first-order valence-corrected chi connectivity index (χ1v) is 7.84. The summed E-state index contributed by atoms with van der Waals surface area (Å²) < 4.78 is 12.9. The molecule has 0 spiro atoms. The summed E-state index contributed by atoms with van der Waals surface area (Å²) in [6.07, 6.45) is 0.256. The molecule has 24 heavy (non-hydrogen) atoms. The monoisotopic (exact) mass is 363 g/mol. The van der Waals surface area contributed by atoms with Crippen molar-refractivity contribution in [1.29, 1.82) is 0 Å². The van der Waals surface area contributed by atoms with E-state index in [1.54, 1.807) is 24.3 Å². The Bertz CT molecular complexity index is 819. The molecule has 0 aliphatic rings. The number of carbonyl (C=O) groups is 1. The van der Waals surface area contributed by atoms with Gasteiger partial charge in [-0.3, -0.25) is 4.79 Å². The van der Waals surface area contributed by atoms with E-state index < -0.39 is 0 Å². The molecule has 0 saturated heterocycles. The SMILES string of the molecule is Cl.Nc1ccc(CC(=O)Nc2nc(-c3ccc(F)cc3)cs2)cc1. The van der Waals surface area contributed by atoms with Crippen LogP contribution in [0.5, 0.6) is 0 Å². The molecular formula is C17H15ClFN3OS. The molecule has 0 radical (unpaired) electrons. The predicted octanol–water partition coefficient (Wildman–Crippen LogP) is 4.13. The van der Waals surface area contributed by atoms with E-state index in [0.29, 0.717) is 16.5 Å². The maximum absolute atomic E-state index is 12.9. The lowest BCUT2D eigenvalue weighted by Gasteiger charge is -2.02. The van der Waals surface area contributed by atoms with Crippen LogP contribution in [0, 0.1) is 5.82 Å². The highest BCUT2D eigenvalue weighted by Crippen LogP contribution is 2.25. The summed E-state index contributed by atoms with van der Waals surface area (Å²) in [5.41, 5.74) is 8.68. The molecule has 1 aromatic heterocycles. The van der Waals surface area contributed by atoms with Crippen LogP contribution in [-0.4, -0.2) is 10.9 Å². The van der Waals surface area contributed by atoms with Crippen LogP contribution in [0.4, 0.5) is 15.2 Å². The highest BCUT2D eigenvalue weighted by Gasteiger charge is 2.09. The second-order valence-corrected chi connectivity index (χ2v) is 5.87. The number of nitrogen functional groups attached to an aromatic ring is 1. The van der Waals surface area contributed by atoms with Gasteiger partial charge >= 0.3 is 0 Å². The Hall–Kier alpha value is -2.44. The molecule has 0 unspecified atom stereocenters. The second-order valence-electron chi connectivity index (χ2n) is 5.01. The number of nitrogens with two attached hydrogens (primary N) is 1. The lowest BCUT2D eigenvalue weighted by Crippen LogP contribution is -2.14. The van der Waals surface area contributed by atoms with Crippen LogP contribution in [0.2, 0.25) is 0 Å². The van der Waals surface area contributed by atoms with E-state index in [0.717, 1.165) is 11.1 Å². The van der Waals surface area contributed by atoms with Crippen molar-refractivity contribution >= 4 is 40.5 Å². The quantitative estimate of drug-likeness (QED) is 0.685. The van der Waals surface area contributed by atoms with E-state index in [4.69, 9.17) is 5.73 Å². The first-order chi connectivity index (χ1) is 11.1. The number of anilines is 2. The number of hydrogen-bond acceptors (Lipinski definition) is 4. The lowest BCUT2D eigenvalue weighted by atomic mass is 10.1. The number of hydrogen-bond donors (Lipinski definition) is 2. The van der Waals surface area contributed by atoms with Gasteiger partial charge in [0.05, 0.1) is 12.1 Å². The van der Waals surface area contributed by atoms with Gasteiger partial charge in [0, 0.05) is 16.6 Å². The first kappa shape index (κ1) is 17.9. The molecule has 0 aliphatic carbocycles. The van der Waals surface area contributed by atoms with Crippen LogP contribution in [0.15, 0.2) is 53.9 Å². The van der Waals surface area contributed by atoms with Crippen LogP contribution in [0.1, 0.15) is 5.56 Å². The standard InChI is InChI=1S/C17H14FN3OS.ClH/c18-13-5-3-12(4-6-13)15-10-23-17(20-15)21-16(22)9-11-1-7-14(19)8-2-11;/h1-8,10H,9,19H2,(H,20,21,22);1H. The number of aromatic nitrogens is 1. The fraction of sp³-hybridized carbons (Fsp3) is 0.0588. The van der Waals surface area contributed by atoms with Crippen molar-refractivity contribution in [3.05, 3.63) is 65.3 Å². The third-order valence-corrected chi connectivity index (χ3v) is 3.99. The molecule has 0 saturated carbocycles. The first-order valence-electron chi connectivity index (χ1n) is 6.96. The van der Waals surface area contributed by atoms with Crippen molar-refractivity contribution in [2.75, 3.05) is 11.1 Å². The maximum Gasteiger partial charge on any atom is 0.230 e. The van der Waals surface area contributed by atoms with Gasteiger partial charge in [-0.25, -0.2) is 9.37 Å². The van der Waals surface area contributed by atoms with Gasteiger partial charge in [-0.05, 0) is 42.0 Å². The molecular weight excluding hydrogens is 349 g/mol. The topological polar surface area (TPSA) is 68.0 Å². The predicted molar refractivity (Wildman–Crippen MR) is 97.9 cm³/mol. The van der Waals surface area contributed by atoms with E-state index in [9.17, 15) is 9.18 Å². The number of halogens is 2. The molecule has 0 atom stereocenters. The van der Waals surface area contributed by atoms with Crippen LogP contribution < -0.4 is 11.1 Å². The number of amides is 1. The van der Waals surface area contributed by atoms with Gasteiger partial charge in [0.2, 0.25) is 5.91 Å². The van der Waals surface area contributed by atoms with E-state index in [1.165, 1.54) is 23.5 Å². The van der Waals surface area contributed by atoms with Crippen LogP contribution in [-0.2, 0) is 11.2 Å². The number of thiazole rings is 1. The highest BCUT2D eigenvalue weighted by atomic mass is 35.5. The zero-order valence-corrected chi connectivity index (χ0v) is 14.2. The summed E-state index contributed by atoms with van der Waals surface area (Å²) in [5.74, 6) is -0.434. The van der Waals surface area contributed by atoms with E-state index in [-0.39, 0.29) is 30.6 Å². The largest absolute Gasteiger partial charge is 0.399 e. The Labute approximate surface area is 149 Å². The molecule has 0 bridgehead atoms. The fourth-order valence-corrected chi connectivity index (χ4v) is 2.80. The van der Waals surface area contributed by atoms with Gasteiger partial charge in [0.1, 0.15) is 5.82 Å². The van der Waals surface area contributed by atoms with E-state index in [1.807, 2.05) is 17.5 Å². The third kappa shape index (κ3) is 4.53. The number of nitrogens with zero attached hydrogens (tertiary/aromatic N) is 1. The molecule has 3 aromatic rings. The van der Waals surface area contributed by atoms with E-state index >= 15 is 0 Å². The lowest BCUT2D eigenvalue weighted by molar-refractivity contribution is -0.115. The third-order valence-electron chi connectivity index (χ3n) is 3.23. The van der Waals surface area contributed by atoms with Gasteiger partial charge in [-0.15, -0.1) is 23.7 Å². The summed E-state index contributed by atoms with van der Waals surface area (Å²) in [6.45, 7) is 0. The minimum absolute atomic E-state index is 0. The molecule has 2 aromatic carbocycles. The van der Waals surface area contributed by atoms with Gasteiger partial charge in [-0.2, -0.15) is 0 Å². The number of rotatable bonds is 4. The number of nitrogens with one attached hydrogen (secondary N) is 1. The van der Waals surface area contributed by atoms with Gasteiger partial charge in [0.15, 0.2) is 5.13 Å². The normalized spacial score (nSPS) is 10.0. The molecule has 3 rings (SSSR count). The Morgan fingerprint density at radius 1 is 1.12 bits per heavy atom. The molecule has 7 heteroatoms. The van der Waals surface area contributed by atoms with Crippen LogP contribution in [0.3, 0.4) is 0 Å². The van der Waals surface area contributed by atoms with E-state index in [2.05, 4.69) is 10.3 Å². The molecule has 1 heterocycles. The summed E-state index contributed by atoms with van der Waals surface area (Å²) >= 11 is 1.33. The smallest absolute Gasteiger partial charge is 0.230 e. The molecule has 124 valence electrons. The van der Waals surface area contributed by atoms with Crippen LogP contribution in [0.25, 0.3) is 11.3 Å². The molecule has 0 fully saturated rings. The van der Waals surface area contributed by atoms with Crippen LogP contribution >= 0.6 is 23.7 Å². The van der Waals surface area contributed by atoms with Crippen molar-refractivity contribution in [2.24, 2.45) is 0 Å². The zero-order valence-electron chi connectivity index (χ0n) is 12.5. The van der Waals surface area contributed by atoms with Gasteiger partial charge < -0.3 is 11.1 Å². The zero-order chi connectivity index (χ0) is 16.2. The number of carbonyl (C=O) groups excluding carboxylic acids is 1. The summed E-state index contributed by atoms with van der Waals surface area (Å²) in [6, 6.07) is 13.2. The van der Waals surface area contributed by atoms with Crippen molar-refractivity contribution in [1.82, 2.24) is 4.98 Å². The minimum Gasteiger partial charge on any atom is -0.399 e. The Morgan fingerprint density at radius 2 is 1.79 bits per heavy atom. The average Bonchev–Trinajstić information content (AvgIpc) is 2.98. The fourth-order valence-electron chi connectivity index (χ4n) is 2.07. The minimum atomic E-state index is -0.291. The maximum atomic E-state index is 12.9. The Morgan fingerprint density at radius 3 is 2.46 bits per heavy atom. The van der Waals surface area contributed by atoms with Gasteiger partial charge in [-0.1, -0.05) is 12.1 Å². The molecule has 1 amide bonds. The Kier molecular flexibility index (Phi) is 5.89. The van der Waals surface area contributed by atoms with Crippen molar-refractivity contribution in [3.8, 4) is 11.3 Å². The molecule has 0 aliphatic heterocycles. The van der Waals surface area contributed by atoms with Crippen molar-refractivity contribution < 1.29 is 9.18 Å². The number of benzene rings is 2. The molecule has 3 N–H and O–H groups in total. The van der Waals surface area contributed by atoms with Gasteiger partial charge in [0.25, 0.3) is 0 Å². The molecule has 4 nitrogen and oxygen atoms in total. The highest BCUT2D eigenvalue weighted by molar-refractivity contribution is 7.14. The summed E-state index contributed by atoms with van der Waals surface area (Å²) in [4.78, 5) is 16.4. The Balaban J connectivity index is 0.00000208. The summed E-state index contributed by atoms with van der Waals surface area (Å²) in [7, 11) is 0. The summed E-state index contributed by atoms with van der Waals surface area (Å²) in [5, 5.41) is 5.11. The van der Waals surface area contributed by atoms with Crippen molar-refractivity contribution in [2.45, 2.75) is 6.42 Å². The average molecular weight is 364 g/mol. The van der Waals surface area contributed by atoms with Crippen molar-refractivity contribution in [3.63, 3.8) is 0 Å².